The molecule has 194 valence electrons. The minimum Gasteiger partial charge on any atom is -0.478 e. The highest BCUT2D eigenvalue weighted by Gasteiger charge is 2.39. The number of nitrogens with two attached hydrogens (primary N) is 2. The van der Waals surface area contributed by atoms with E-state index >= 15 is 0 Å². The van der Waals surface area contributed by atoms with Gasteiger partial charge in [0.25, 0.3) is 0 Å². The zero-order valence-corrected chi connectivity index (χ0v) is 21.4. The molecule has 0 bridgehead atoms. The van der Waals surface area contributed by atoms with Crippen molar-refractivity contribution in [3.63, 3.8) is 0 Å². The third-order valence-corrected chi connectivity index (χ3v) is 7.62. The summed E-state index contributed by atoms with van der Waals surface area (Å²) in [5, 5.41) is 24.9. The molecule has 8 N–H and O–H groups in total. The number of aryl methyl sites for hydroxylation is 2. The predicted octanol–water partition coefficient (Wildman–Crippen LogP) is 3.64. The second-order valence-corrected chi connectivity index (χ2v) is 10.2. The van der Waals surface area contributed by atoms with Crippen LogP contribution in [0.15, 0.2) is 61.1 Å². The zero-order valence-electron chi connectivity index (χ0n) is 20.6. The molecular formula is C27H27N7O3S. The number of thiazole rings is 1. The maximum atomic E-state index is 11.7. The van der Waals surface area contributed by atoms with Gasteiger partial charge in [0.15, 0.2) is 0 Å². The molecule has 1 atom stereocenters. The molecule has 0 aliphatic heterocycles. The summed E-state index contributed by atoms with van der Waals surface area (Å²) < 4.78 is 0. The van der Waals surface area contributed by atoms with E-state index in [9.17, 15) is 15.0 Å². The van der Waals surface area contributed by atoms with Crippen LogP contribution >= 0.6 is 11.3 Å². The number of nitrogens with one attached hydrogen (secondary N) is 2. The van der Waals surface area contributed by atoms with Crippen LogP contribution in [0.1, 0.15) is 50.5 Å². The third kappa shape index (κ3) is 4.94. The largest absolute Gasteiger partial charge is 0.478 e. The number of benzene rings is 1. The number of hydrazine groups is 1. The highest BCUT2D eigenvalue weighted by atomic mass is 32.1. The molecule has 1 unspecified atom stereocenters. The molecule has 10 nitrogen and oxygen atoms in total. The fourth-order valence-corrected chi connectivity index (χ4v) is 5.66. The van der Waals surface area contributed by atoms with E-state index in [-0.39, 0.29) is 5.56 Å². The molecule has 11 heteroatoms. The first-order valence-electron chi connectivity index (χ1n) is 12.0. The average molecular weight is 530 g/mol. The number of pyridine rings is 2. The molecule has 0 saturated carbocycles. The van der Waals surface area contributed by atoms with Crippen molar-refractivity contribution in [2.45, 2.75) is 31.8 Å². The SMILES string of the molecule is Cc1cc(Nc2cc(/C(N)=C/NN)ccn2)nc(-c2cnc(C3(O)CCCc4cc(C(=O)O)ccc43)s2)c1. The Bertz CT molecular complexity index is 1550. The third-order valence-electron chi connectivity index (χ3n) is 6.45. The number of aromatic nitrogens is 3. The number of carbonyl (C=O) groups is 1. The van der Waals surface area contributed by atoms with Crippen molar-refractivity contribution in [1.29, 1.82) is 0 Å². The number of hydrogen-bond acceptors (Lipinski definition) is 10. The summed E-state index contributed by atoms with van der Waals surface area (Å²) in [5.41, 5.74) is 11.8. The lowest BCUT2D eigenvalue weighted by molar-refractivity contribution is 0.0607. The lowest BCUT2D eigenvalue weighted by atomic mass is 9.79. The second kappa shape index (κ2) is 10.2. The van der Waals surface area contributed by atoms with Crippen LogP contribution in [0.25, 0.3) is 16.3 Å². The van der Waals surface area contributed by atoms with Gasteiger partial charge in [0.2, 0.25) is 0 Å². The van der Waals surface area contributed by atoms with Crippen LogP contribution in [0.3, 0.4) is 0 Å². The van der Waals surface area contributed by atoms with Crippen LogP contribution in [0, 0.1) is 6.92 Å². The summed E-state index contributed by atoms with van der Waals surface area (Å²) in [5.74, 6) is 5.51. The van der Waals surface area contributed by atoms with Crippen molar-refractivity contribution in [2.24, 2.45) is 11.6 Å². The fraction of sp³-hybridized carbons (Fsp3) is 0.185. The Balaban J connectivity index is 1.44. The van der Waals surface area contributed by atoms with Gasteiger partial charge >= 0.3 is 5.97 Å². The molecule has 1 aliphatic rings. The van der Waals surface area contributed by atoms with Gasteiger partial charge in [-0.3, -0.25) is 5.84 Å². The van der Waals surface area contributed by atoms with Crippen LogP contribution in [0.4, 0.5) is 11.6 Å². The Morgan fingerprint density at radius 3 is 2.76 bits per heavy atom. The van der Waals surface area contributed by atoms with Crippen LogP contribution < -0.4 is 22.3 Å². The average Bonchev–Trinajstić information content (AvgIpc) is 3.40. The molecule has 3 heterocycles. The molecule has 0 spiro atoms. The van der Waals surface area contributed by atoms with Crippen molar-refractivity contribution < 1.29 is 15.0 Å². The van der Waals surface area contributed by atoms with Crippen LogP contribution in [-0.2, 0) is 12.0 Å². The number of carboxylic acids is 1. The number of fused-ring (bicyclic) bond motifs is 1. The number of carboxylic acid groups (broad SMARTS) is 1. The summed E-state index contributed by atoms with van der Waals surface area (Å²) in [4.78, 5) is 25.9. The smallest absolute Gasteiger partial charge is 0.335 e. The molecule has 0 saturated heterocycles. The first-order chi connectivity index (χ1) is 18.3. The van der Waals surface area contributed by atoms with E-state index in [2.05, 4.69) is 20.7 Å². The van der Waals surface area contributed by atoms with Crippen molar-refractivity contribution >= 4 is 34.6 Å². The fourth-order valence-electron chi connectivity index (χ4n) is 4.65. The molecule has 1 aliphatic carbocycles. The topological polar surface area (TPSA) is 172 Å². The lowest BCUT2D eigenvalue weighted by Gasteiger charge is -2.33. The van der Waals surface area contributed by atoms with Crippen molar-refractivity contribution in [2.75, 3.05) is 5.32 Å². The molecule has 1 aromatic carbocycles. The van der Waals surface area contributed by atoms with E-state index in [1.54, 1.807) is 36.7 Å². The monoisotopic (exact) mass is 529 g/mol. The second-order valence-electron chi connectivity index (χ2n) is 9.16. The normalized spacial score (nSPS) is 17.1. The van der Waals surface area contributed by atoms with Crippen molar-refractivity contribution in [3.05, 3.63) is 93.9 Å². The van der Waals surface area contributed by atoms with Crippen LogP contribution in [-0.4, -0.2) is 31.1 Å². The highest BCUT2D eigenvalue weighted by molar-refractivity contribution is 7.15. The molecule has 0 radical (unpaired) electrons. The first-order valence-corrected chi connectivity index (χ1v) is 12.8. The molecular weight excluding hydrogens is 502 g/mol. The first kappa shape index (κ1) is 25.3. The minimum atomic E-state index is -1.28. The van der Waals surface area contributed by atoms with Gasteiger partial charge in [0, 0.05) is 24.2 Å². The summed E-state index contributed by atoms with van der Waals surface area (Å²) in [6.45, 7) is 1.97. The van der Waals surface area contributed by atoms with E-state index < -0.39 is 11.6 Å². The Kier molecular flexibility index (Phi) is 6.81. The Morgan fingerprint density at radius 2 is 1.97 bits per heavy atom. The maximum Gasteiger partial charge on any atom is 0.335 e. The number of hydrogen-bond donors (Lipinski definition) is 6. The van der Waals surface area contributed by atoms with Gasteiger partial charge in [0.05, 0.1) is 21.8 Å². The van der Waals surface area contributed by atoms with Crippen LogP contribution in [0.5, 0.6) is 0 Å². The quantitative estimate of drug-likeness (QED) is 0.153. The summed E-state index contributed by atoms with van der Waals surface area (Å²) in [6.07, 6.45) is 6.80. The Hall–Kier alpha value is -4.32. The molecule has 4 aromatic rings. The molecule has 0 amide bonds. The maximum absolute atomic E-state index is 11.7. The number of aliphatic hydroxyl groups is 1. The van der Waals surface area contributed by atoms with Gasteiger partial charge in [-0.05, 0) is 79.3 Å². The Labute approximate surface area is 223 Å². The molecule has 3 aromatic heterocycles. The summed E-state index contributed by atoms with van der Waals surface area (Å²) in [6, 6.07) is 12.3. The van der Waals surface area contributed by atoms with Crippen LogP contribution in [0.2, 0.25) is 0 Å². The van der Waals surface area contributed by atoms with E-state index in [1.807, 2.05) is 19.1 Å². The van der Waals surface area contributed by atoms with E-state index in [0.29, 0.717) is 46.4 Å². The number of anilines is 2. The van der Waals surface area contributed by atoms with E-state index in [4.69, 9.17) is 16.6 Å². The predicted molar refractivity (Wildman–Crippen MR) is 146 cm³/mol. The minimum absolute atomic E-state index is 0.214. The van der Waals surface area contributed by atoms with Crippen molar-refractivity contribution in [3.8, 4) is 10.6 Å². The van der Waals surface area contributed by atoms with Gasteiger partial charge in [-0.1, -0.05) is 6.07 Å². The number of rotatable bonds is 7. The van der Waals surface area contributed by atoms with E-state index in [0.717, 1.165) is 28.0 Å². The van der Waals surface area contributed by atoms with Gasteiger partial charge in [-0.25, -0.2) is 19.7 Å². The standard InChI is InChI=1S/C27H27N7O3S/c1-15-9-21(33-24(10-15)34-23-12-17(6-8-30-23)20(28)13-32-29)22-14-31-26(38-22)27(37)7-2-3-16-11-18(25(35)36)4-5-19(16)27/h4-6,8-14,32,37H,2-3,7,28-29H2,1H3,(H,35,36)(H,30,33,34)/b20-13-. The lowest BCUT2D eigenvalue weighted by Crippen LogP contribution is -2.32. The molecule has 38 heavy (non-hydrogen) atoms. The highest BCUT2D eigenvalue weighted by Crippen LogP contribution is 2.43. The van der Waals surface area contributed by atoms with Gasteiger partial charge < -0.3 is 26.7 Å². The summed E-state index contributed by atoms with van der Waals surface area (Å²) in [7, 11) is 0. The molecule has 5 rings (SSSR count). The number of aromatic carboxylic acids is 1. The zero-order chi connectivity index (χ0) is 26.9. The van der Waals surface area contributed by atoms with Crippen molar-refractivity contribution in [1.82, 2.24) is 20.4 Å². The van der Waals surface area contributed by atoms with Gasteiger partial charge in [-0.15, -0.1) is 11.3 Å². The Morgan fingerprint density at radius 1 is 1.13 bits per heavy atom. The van der Waals surface area contributed by atoms with E-state index in [1.165, 1.54) is 23.6 Å². The van der Waals surface area contributed by atoms with Gasteiger partial charge in [-0.2, -0.15) is 0 Å². The summed E-state index contributed by atoms with van der Waals surface area (Å²) >= 11 is 1.37. The number of nitrogens with zero attached hydrogens (tertiary/aromatic N) is 3. The van der Waals surface area contributed by atoms with Gasteiger partial charge in [0.1, 0.15) is 22.2 Å². The molecule has 0 fully saturated rings.